The Balaban J connectivity index is 1.50. The third-order valence-electron chi connectivity index (χ3n) is 5.33. The molecule has 0 bridgehead atoms. The van der Waals surface area contributed by atoms with Crippen LogP contribution in [-0.4, -0.2) is 65.0 Å². The Hall–Kier alpha value is -1.68. The molecule has 3 rings (SSSR count). The van der Waals surface area contributed by atoms with E-state index in [2.05, 4.69) is 31.1 Å². The van der Waals surface area contributed by atoms with E-state index >= 15 is 0 Å². The lowest BCUT2D eigenvalue weighted by molar-refractivity contribution is -0.172. The average Bonchev–Trinajstić information content (AvgIpc) is 3.10. The van der Waals surface area contributed by atoms with E-state index in [4.69, 9.17) is 4.98 Å². The minimum absolute atomic E-state index is 0.0136. The molecule has 3 heterocycles. The van der Waals surface area contributed by atoms with E-state index in [-0.39, 0.29) is 24.2 Å². The number of halogens is 3. The number of rotatable bonds is 3. The Kier molecular flexibility index (Phi) is 6.24. The van der Waals surface area contributed by atoms with Crippen molar-refractivity contribution in [3.63, 3.8) is 0 Å². The van der Waals surface area contributed by atoms with Gasteiger partial charge in [0.05, 0.1) is 10.7 Å². The molecular weight excluding hydrogens is 405 g/mol. The van der Waals surface area contributed by atoms with Crippen molar-refractivity contribution < 1.29 is 22.8 Å². The number of piperazine rings is 1. The first-order chi connectivity index (χ1) is 13.4. The quantitative estimate of drug-likeness (QED) is 0.746. The molecule has 0 saturated carbocycles. The summed E-state index contributed by atoms with van der Waals surface area (Å²) in [5.74, 6) is -2.21. The van der Waals surface area contributed by atoms with E-state index < -0.39 is 24.0 Å². The van der Waals surface area contributed by atoms with Crippen molar-refractivity contribution in [2.75, 3.05) is 26.2 Å². The lowest BCUT2D eigenvalue weighted by Crippen LogP contribution is -2.57. The highest BCUT2D eigenvalue weighted by molar-refractivity contribution is 7.09. The van der Waals surface area contributed by atoms with Gasteiger partial charge < -0.3 is 10.2 Å². The number of amides is 2. The molecule has 2 aliphatic heterocycles. The molecule has 2 aliphatic rings. The van der Waals surface area contributed by atoms with Crippen molar-refractivity contribution >= 4 is 23.2 Å². The molecule has 0 aromatic carbocycles. The summed E-state index contributed by atoms with van der Waals surface area (Å²) >= 11 is 1.64. The zero-order valence-corrected chi connectivity index (χ0v) is 17.7. The Morgan fingerprint density at radius 1 is 1.21 bits per heavy atom. The molecule has 10 heteroatoms. The molecule has 2 atom stereocenters. The Bertz CT molecular complexity index is 751. The summed E-state index contributed by atoms with van der Waals surface area (Å²) in [4.78, 5) is 33.2. The van der Waals surface area contributed by atoms with Crippen LogP contribution in [0.4, 0.5) is 13.2 Å². The number of hydrogen-bond donors (Lipinski definition) is 1. The summed E-state index contributed by atoms with van der Waals surface area (Å²) < 4.78 is 38.3. The number of nitrogens with zero attached hydrogens (tertiary/aromatic N) is 3. The maximum atomic E-state index is 12.8. The van der Waals surface area contributed by atoms with Crippen LogP contribution in [0.25, 0.3) is 0 Å². The van der Waals surface area contributed by atoms with Crippen LogP contribution in [0.5, 0.6) is 0 Å². The molecule has 0 spiro atoms. The number of piperidine rings is 1. The summed E-state index contributed by atoms with van der Waals surface area (Å²) in [7, 11) is 0. The van der Waals surface area contributed by atoms with Gasteiger partial charge in [0.15, 0.2) is 0 Å². The van der Waals surface area contributed by atoms with Crippen LogP contribution in [0.3, 0.4) is 0 Å². The smallest absolute Gasteiger partial charge is 0.344 e. The van der Waals surface area contributed by atoms with Gasteiger partial charge in [-0.05, 0) is 12.8 Å². The summed E-state index contributed by atoms with van der Waals surface area (Å²) in [6.45, 7) is 9.28. The molecule has 2 saturated heterocycles. The minimum Gasteiger partial charge on any atom is -0.344 e. The first-order valence-electron chi connectivity index (χ1n) is 9.78. The third kappa shape index (κ3) is 5.28. The van der Waals surface area contributed by atoms with E-state index in [0.29, 0.717) is 32.7 Å². The number of thiazole rings is 1. The average molecular weight is 433 g/mol. The highest BCUT2D eigenvalue weighted by atomic mass is 32.1. The molecule has 6 nitrogen and oxygen atoms in total. The van der Waals surface area contributed by atoms with Crippen LogP contribution in [0.2, 0.25) is 0 Å². The van der Waals surface area contributed by atoms with Crippen LogP contribution in [0.15, 0.2) is 5.38 Å². The zero-order valence-electron chi connectivity index (χ0n) is 16.9. The molecule has 2 fully saturated rings. The molecule has 2 amide bonds. The molecule has 0 aliphatic carbocycles. The van der Waals surface area contributed by atoms with Gasteiger partial charge in [-0.1, -0.05) is 20.8 Å². The van der Waals surface area contributed by atoms with E-state index in [1.165, 1.54) is 0 Å². The van der Waals surface area contributed by atoms with Crippen molar-refractivity contribution in [1.82, 2.24) is 20.1 Å². The Morgan fingerprint density at radius 2 is 1.86 bits per heavy atom. The van der Waals surface area contributed by atoms with Gasteiger partial charge in [0.25, 0.3) is 0 Å². The van der Waals surface area contributed by atoms with Crippen LogP contribution in [-0.2, 0) is 21.5 Å². The summed E-state index contributed by atoms with van der Waals surface area (Å²) in [6, 6.07) is -1.85. The van der Waals surface area contributed by atoms with Crippen molar-refractivity contribution in [3.05, 3.63) is 16.1 Å². The van der Waals surface area contributed by atoms with E-state index in [1.54, 1.807) is 16.2 Å². The number of nitrogens with one attached hydrogen (secondary N) is 1. The van der Waals surface area contributed by atoms with Crippen LogP contribution in [0, 0.1) is 5.92 Å². The number of carbonyl (C=O) groups is 2. The highest BCUT2D eigenvalue weighted by Crippen LogP contribution is 2.29. The molecule has 0 radical (unpaired) electrons. The predicted molar refractivity (Wildman–Crippen MR) is 103 cm³/mol. The fraction of sp³-hybridized carbons (Fsp3) is 0.737. The second-order valence-electron chi connectivity index (χ2n) is 8.73. The second-order valence-corrected chi connectivity index (χ2v) is 9.59. The van der Waals surface area contributed by atoms with Crippen LogP contribution >= 0.6 is 11.3 Å². The summed E-state index contributed by atoms with van der Waals surface area (Å²) in [5, 5.41) is 5.10. The van der Waals surface area contributed by atoms with Gasteiger partial charge in [-0.2, -0.15) is 13.2 Å². The van der Waals surface area contributed by atoms with Gasteiger partial charge in [-0.25, -0.2) is 4.98 Å². The number of aromatic nitrogens is 1. The van der Waals surface area contributed by atoms with Gasteiger partial charge in [0.1, 0.15) is 12.0 Å². The largest absolute Gasteiger partial charge is 0.408 e. The Labute approximate surface area is 172 Å². The molecule has 1 aromatic rings. The molecular formula is C19H27F3N4O2S. The summed E-state index contributed by atoms with van der Waals surface area (Å²) in [6.07, 6.45) is -4.80. The van der Waals surface area contributed by atoms with Crippen LogP contribution < -0.4 is 5.32 Å². The number of carbonyl (C=O) groups excluding carboxylic acids is 2. The zero-order chi connectivity index (χ0) is 21.4. The molecule has 1 aromatic heterocycles. The maximum absolute atomic E-state index is 12.8. The van der Waals surface area contributed by atoms with Gasteiger partial charge in [-0.15, -0.1) is 11.3 Å². The van der Waals surface area contributed by atoms with Crippen molar-refractivity contribution in [2.45, 2.75) is 57.8 Å². The SMILES string of the molecule is CC(C)(C)c1nc(CN2CCN(C(=O)C3CCC(C(F)(F)F)NC3=O)CC2)cs1. The van der Waals surface area contributed by atoms with Crippen LogP contribution in [0.1, 0.15) is 44.3 Å². The van der Waals surface area contributed by atoms with Gasteiger partial charge in [-0.3, -0.25) is 14.5 Å². The predicted octanol–water partition coefficient (Wildman–Crippen LogP) is 2.54. The fourth-order valence-corrected chi connectivity index (χ4v) is 4.49. The van der Waals surface area contributed by atoms with Gasteiger partial charge >= 0.3 is 6.18 Å². The first kappa shape index (κ1) is 22.0. The van der Waals surface area contributed by atoms with Crippen molar-refractivity contribution in [2.24, 2.45) is 5.92 Å². The molecule has 1 N–H and O–H groups in total. The van der Waals surface area contributed by atoms with Gasteiger partial charge in [0, 0.05) is 43.5 Å². The normalized spacial score (nSPS) is 24.5. The Morgan fingerprint density at radius 3 is 2.38 bits per heavy atom. The second kappa shape index (κ2) is 8.22. The number of hydrogen-bond acceptors (Lipinski definition) is 5. The maximum Gasteiger partial charge on any atom is 0.408 e. The highest BCUT2D eigenvalue weighted by Gasteiger charge is 2.46. The van der Waals surface area contributed by atoms with Gasteiger partial charge in [0.2, 0.25) is 11.8 Å². The molecule has 29 heavy (non-hydrogen) atoms. The van der Waals surface area contributed by atoms with E-state index in [9.17, 15) is 22.8 Å². The lowest BCUT2D eigenvalue weighted by Gasteiger charge is -2.37. The standard InChI is InChI=1S/C19H27F3N4O2S/c1-18(2,3)17-23-12(11-29-17)10-25-6-8-26(9-7-25)16(28)13-4-5-14(19(20,21)22)24-15(13)27/h11,13-14H,4-10H2,1-3H3,(H,24,27). The minimum atomic E-state index is -4.47. The molecule has 162 valence electrons. The van der Waals surface area contributed by atoms with E-state index in [1.807, 2.05) is 5.32 Å². The first-order valence-corrected chi connectivity index (χ1v) is 10.7. The van der Waals surface area contributed by atoms with Crippen molar-refractivity contribution in [1.29, 1.82) is 0 Å². The molecule has 2 unspecified atom stereocenters. The third-order valence-corrected chi connectivity index (χ3v) is 6.65. The summed E-state index contributed by atoms with van der Waals surface area (Å²) in [5.41, 5.74) is 1.02. The monoisotopic (exact) mass is 432 g/mol. The van der Waals surface area contributed by atoms with Crippen molar-refractivity contribution in [3.8, 4) is 0 Å². The topological polar surface area (TPSA) is 65.5 Å². The number of alkyl halides is 3. The van der Waals surface area contributed by atoms with E-state index in [0.717, 1.165) is 10.7 Å². The fourth-order valence-electron chi connectivity index (χ4n) is 3.59. The lowest BCUT2D eigenvalue weighted by atomic mass is 9.92.